The van der Waals surface area contributed by atoms with E-state index in [9.17, 15) is 4.79 Å². The normalized spacial score (nSPS) is 21.7. The van der Waals surface area contributed by atoms with Gasteiger partial charge in [0.1, 0.15) is 0 Å². The lowest BCUT2D eigenvalue weighted by Crippen LogP contribution is -2.26. The molecule has 7 nitrogen and oxygen atoms in total. The quantitative estimate of drug-likeness (QED) is 0.902. The van der Waals surface area contributed by atoms with Crippen LogP contribution in [0.25, 0.3) is 0 Å². The van der Waals surface area contributed by atoms with E-state index in [1.54, 1.807) is 0 Å². The second-order valence-electron chi connectivity index (χ2n) is 6.13. The SMILES string of the molecule is CC(=O)Nc1ncc(CN2C[C@H](Cc3noc(C)n3)C[C@@H]2C)s1. The van der Waals surface area contributed by atoms with E-state index in [1.165, 1.54) is 18.3 Å². The van der Waals surface area contributed by atoms with Crippen molar-refractivity contribution in [3.05, 3.63) is 22.8 Å². The zero-order valence-electron chi connectivity index (χ0n) is 13.6. The van der Waals surface area contributed by atoms with Crippen LogP contribution in [-0.4, -0.2) is 38.5 Å². The Kier molecular flexibility index (Phi) is 4.72. The molecule has 0 bridgehead atoms. The Morgan fingerprint density at radius 2 is 2.39 bits per heavy atom. The van der Waals surface area contributed by atoms with E-state index in [0.29, 0.717) is 23.0 Å². The van der Waals surface area contributed by atoms with Gasteiger partial charge in [0, 0.05) is 50.5 Å². The van der Waals surface area contributed by atoms with Crippen LogP contribution in [0.5, 0.6) is 0 Å². The molecule has 1 saturated heterocycles. The van der Waals surface area contributed by atoms with Crippen molar-refractivity contribution in [2.24, 2.45) is 5.92 Å². The molecule has 3 heterocycles. The smallest absolute Gasteiger partial charge is 0.223 e. The minimum Gasteiger partial charge on any atom is -0.340 e. The van der Waals surface area contributed by atoms with E-state index >= 15 is 0 Å². The molecule has 2 atom stereocenters. The maximum absolute atomic E-state index is 11.1. The van der Waals surface area contributed by atoms with Crippen LogP contribution < -0.4 is 5.32 Å². The minimum absolute atomic E-state index is 0.0871. The first-order chi connectivity index (χ1) is 11.0. The maximum atomic E-state index is 11.1. The van der Waals surface area contributed by atoms with Crippen molar-refractivity contribution >= 4 is 22.4 Å². The summed E-state index contributed by atoms with van der Waals surface area (Å²) < 4.78 is 5.04. The minimum atomic E-state index is -0.0871. The summed E-state index contributed by atoms with van der Waals surface area (Å²) in [5.41, 5.74) is 0. The number of aromatic nitrogens is 3. The summed E-state index contributed by atoms with van der Waals surface area (Å²) >= 11 is 1.53. The van der Waals surface area contributed by atoms with Gasteiger partial charge in [0.05, 0.1) is 0 Å². The fraction of sp³-hybridized carbons (Fsp3) is 0.600. The van der Waals surface area contributed by atoms with Gasteiger partial charge >= 0.3 is 0 Å². The fourth-order valence-electron chi connectivity index (χ4n) is 3.06. The zero-order valence-corrected chi connectivity index (χ0v) is 14.4. The van der Waals surface area contributed by atoms with E-state index in [4.69, 9.17) is 4.52 Å². The first-order valence-corrected chi connectivity index (χ1v) is 8.56. The van der Waals surface area contributed by atoms with Crippen LogP contribution in [0.3, 0.4) is 0 Å². The number of nitrogens with one attached hydrogen (secondary N) is 1. The van der Waals surface area contributed by atoms with E-state index < -0.39 is 0 Å². The molecule has 2 aromatic heterocycles. The van der Waals surface area contributed by atoms with Crippen LogP contribution in [-0.2, 0) is 17.8 Å². The topological polar surface area (TPSA) is 84.2 Å². The fourth-order valence-corrected chi connectivity index (χ4v) is 3.94. The van der Waals surface area contributed by atoms with E-state index in [-0.39, 0.29) is 5.91 Å². The molecule has 0 spiro atoms. The standard InChI is InChI=1S/C15H21N5O2S/c1-9-4-12(5-14-18-11(3)22-19-14)7-20(9)8-13-6-16-15(23-13)17-10(2)21/h6,9,12H,4-5,7-8H2,1-3H3,(H,16,17,21)/t9-,12-/m0/s1. The lowest BCUT2D eigenvalue weighted by molar-refractivity contribution is -0.114. The summed E-state index contributed by atoms with van der Waals surface area (Å²) in [7, 11) is 0. The van der Waals surface area contributed by atoms with Crippen molar-refractivity contribution < 1.29 is 9.32 Å². The Hall–Kier alpha value is -1.80. The molecular formula is C15H21N5O2S. The molecule has 8 heteroatoms. The number of amides is 1. The number of rotatable bonds is 5. The Morgan fingerprint density at radius 3 is 3.09 bits per heavy atom. The number of thiazole rings is 1. The lowest BCUT2D eigenvalue weighted by Gasteiger charge is -2.19. The predicted molar refractivity (Wildman–Crippen MR) is 87.1 cm³/mol. The highest BCUT2D eigenvalue weighted by atomic mass is 32.1. The van der Waals surface area contributed by atoms with E-state index in [2.05, 4.69) is 32.3 Å². The molecule has 1 aliphatic rings. The number of aryl methyl sites for hydroxylation is 1. The van der Waals surface area contributed by atoms with Gasteiger partial charge in [0.2, 0.25) is 11.8 Å². The number of anilines is 1. The van der Waals surface area contributed by atoms with Crippen LogP contribution >= 0.6 is 11.3 Å². The summed E-state index contributed by atoms with van der Waals surface area (Å²) in [6, 6.07) is 0.513. The number of hydrogen-bond acceptors (Lipinski definition) is 7. The van der Waals surface area contributed by atoms with Crippen LogP contribution in [0.2, 0.25) is 0 Å². The molecule has 1 aliphatic heterocycles. The molecule has 1 fully saturated rings. The van der Waals surface area contributed by atoms with Gasteiger partial charge in [-0.3, -0.25) is 9.69 Å². The Morgan fingerprint density at radius 1 is 1.57 bits per heavy atom. The number of carbonyl (C=O) groups is 1. The highest BCUT2D eigenvalue weighted by Crippen LogP contribution is 2.29. The van der Waals surface area contributed by atoms with Crippen LogP contribution in [0.15, 0.2) is 10.7 Å². The molecule has 1 amide bonds. The largest absolute Gasteiger partial charge is 0.340 e. The summed E-state index contributed by atoms with van der Waals surface area (Å²) in [6.07, 6.45) is 3.83. The van der Waals surface area contributed by atoms with Gasteiger partial charge in [-0.05, 0) is 19.3 Å². The summed E-state index contributed by atoms with van der Waals surface area (Å²) in [4.78, 5) is 23.2. The highest BCUT2D eigenvalue weighted by molar-refractivity contribution is 7.15. The molecule has 124 valence electrons. The summed E-state index contributed by atoms with van der Waals surface area (Å²) in [6.45, 7) is 7.43. The van der Waals surface area contributed by atoms with Crippen molar-refractivity contribution in [3.8, 4) is 0 Å². The number of likely N-dealkylation sites (tertiary alicyclic amines) is 1. The molecule has 0 unspecified atom stereocenters. The Labute approximate surface area is 139 Å². The lowest BCUT2D eigenvalue weighted by atomic mass is 10.0. The van der Waals surface area contributed by atoms with Crippen molar-refractivity contribution in [3.63, 3.8) is 0 Å². The van der Waals surface area contributed by atoms with Gasteiger partial charge in [0.25, 0.3) is 0 Å². The second-order valence-corrected chi connectivity index (χ2v) is 7.24. The van der Waals surface area contributed by atoms with Gasteiger partial charge in [-0.2, -0.15) is 4.98 Å². The molecule has 2 aromatic rings. The van der Waals surface area contributed by atoms with Gasteiger partial charge in [-0.25, -0.2) is 4.98 Å². The highest BCUT2D eigenvalue weighted by Gasteiger charge is 2.30. The molecule has 3 rings (SSSR count). The Bertz CT molecular complexity index is 683. The first-order valence-electron chi connectivity index (χ1n) is 7.75. The monoisotopic (exact) mass is 335 g/mol. The molecule has 0 aliphatic carbocycles. The third kappa shape index (κ3) is 4.14. The third-order valence-electron chi connectivity index (χ3n) is 4.03. The van der Waals surface area contributed by atoms with Crippen molar-refractivity contribution in [2.45, 2.75) is 46.2 Å². The molecule has 0 radical (unpaired) electrons. The first kappa shape index (κ1) is 16.1. The predicted octanol–water partition coefficient (Wildman–Crippen LogP) is 2.25. The van der Waals surface area contributed by atoms with Crippen LogP contribution in [0, 0.1) is 12.8 Å². The number of hydrogen-bond donors (Lipinski definition) is 1. The van der Waals surface area contributed by atoms with Gasteiger partial charge in [0.15, 0.2) is 11.0 Å². The molecular weight excluding hydrogens is 314 g/mol. The van der Waals surface area contributed by atoms with Gasteiger partial charge in [-0.15, -0.1) is 11.3 Å². The average molecular weight is 335 g/mol. The van der Waals surface area contributed by atoms with Gasteiger partial charge < -0.3 is 9.84 Å². The molecule has 23 heavy (non-hydrogen) atoms. The molecule has 0 aromatic carbocycles. The number of carbonyl (C=O) groups excluding carboxylic acids is 1. The Balaban J connectivity index is 1.56. The van der Waals surface area contributed by atoms with E-state index in [0.717, 1.165) is 36.6 Å². The number of nitrogens with zero attached hydrogens (tertiary/aromatic N) is 4. The average Bonchev–Trinajstić information content (AvgIpc) is 3.14. The molecule has 0 saturated carbocycles. The van der Waals surface area contributed by atoms with Crippen molar-refractivity contribution in [1.29, 1.82) is 0 Å². The van der Waals surface area contributed by atoms with Gasteiger partial charge in [-0.1, -0.05) is 5.16 Å². The van der Waals surface area contributed by atoms with Crippen LogP contribution in [0.4, 0.5) is 5.13 Å². The summed E-state index contributed by atoms with van der Waals surface area (Å²) in [5.74, 6) is 1.88. The van der Waals surface area contributed by atoms with Crippen molar-refractivity contribution in [2.75, 3.05) is 11.9 Å². The van der Waals surface area contributed by atoms with E-state index in [1.807, 2.05) is 13.1 Å². The summed E-state index contributed by atoms with van der Waals surface area (Å²) in [5, 5.41) is 7.38. The molecule has 1 N–H and O–H groups in total. The second kappa shape index (κ2) is 6.76. The maximum Gasteiger partial charge on any atom is 0.223 e. The third-order valence-corrected chi connectivity index (χ3v) is 4.92. The zero-order chi connectivity index (χ0) is 16.4. The van der Waals surface area contributed by atoms with Crippen molar-refractivity contribution in [1.82, 2.24) is 20.0 Å². The van der Waals surface area contributed by atoms with Crippen LogP contribution in [0.1, 0.15) is 36.9 Å².